The lowest BCUT2D eigenvalue weighted by Crippen LogP contribution is -2.25. The van der Waals surface area contributed by atoms with Crippen LogP contribution in [0.3, 0.4) is 0 Å². The number of thioether (sulfide) groups is 1. The van der Waals surface area contributed by atoms with Crippen LogP contribution in [0.1, 0.15) is 72.9 Å². The van der Waals surface area contributed by atoms with E-state index in [2.05, 4.69) is 41.5 Å². The number of phenols is 1. The van der Waals surface area contributed by atoms with E-state index in [1.807, 2.05) is 19.9 Å². The molecule has 0 spiro atoms. The van der Waals surface area contributed by atoms with Gasteiger partial charge < -0.3 is 10.2 Å². The molecule has 0 saturated carbocycles. The standard InChI is InChI=1S/C18H30O2S/c1-9-18(8,20)21-13-11-10-12(19)14(16(2,3)4)15(13)17(5,6)7/h10-11,19-20H,9H2,1-8H3. The minimum atomic E-state index is -0.799. The van der Waals surface area contributed by atoms with Gasteiger partial charge in [0.1, 0.15) is 10.7 Å². The van der Waals surface area contributed by atoms with Gasteiger partial charge in [-0.25, -0.2) is 0 Å². The third-order valence-corrected chi connectivity index (χ3v) is 4.92. The first-order valence-corrected chi connectivity index (χ1v) is 8.39. The van der Waals surface area contributed by atoms with E-state index < -0.39 is 4.93 Å². The Labute approximate surface area is 134 Å². The number of hydrogen-bond donors (Lipinski definition) is 2. The molecule has 1 unspecified atom stereocenters. The van der Waals surface area contributed by atoms with E-state index in [1.165, 1.54) is 11.8 Å². The fraction of sp³-hybridized carbons (Fsp3) is 0.667. The Kier molecular flexibility index (Phi) is 5.12. The molecule has 0 fully saturated rings. The molecule has 120 valence electrons. The zero-order valence-corrected chi connectivity index (χ0v) is 15.5. The molecule has 0 bridgehead atoms. The van der Waals surface area contributed by atoms with Gasteiger partial charge in [-0.2, -0.15) is 0 Å². The normalized spacial score (nSPS) is 15.9. The van der Waals surface area contributed by atoms with Crippen LogP contribution in [0.15, 0.2) is 17.0 Å². The smallest absolute Gasteiger partial charge is 0.119 e. The molecule has 2 N–H and O–H groups in total. The monoisotopic (exact) mass is 310 g/mol. The lowest BCUT2D eigenvalue weighted by atomic mass is 9.75. The van der Waals surface area contributed by atoms with Crippen molar-refractivity contribution in [3.8, 4) is 5.75 Å². The molecule has 0 aliphatic carbocycles. The second kappa shape index (κ2) is 5.85. The average Bonchev–Trinajstić information content (AvgIpc) is 2.27. The molecule has 21 heavy (non-hydrogen) atoms. The zero-order chi connectivity index (χ0) is 16.6. The van der Waals surface area contributed by atoms with Crippen molar-refractivity contribution in [1.29, 1.82) is 0 Å². The number of phenolic OH excluding ortho intramolecular Hbond substituents is 1. The number of aromatic hydroxyl groups is 1. The number of benzene rings is 1. The zero-order valence-electron chi connectivity index (χ0n) is 14.7. The Morgan fingerprint density at radius 3 is 1.76 bits per heavy atom. The highest BCUT2D eigenvalue weighted by atomic mass is 32.2. The minimum Gasteiger partial charge on any atom is -0.508 e. The molecular formula is C18H30O2S. The molecule has 0 aliphatic heterocycles. The third-order valence-electron chi connectivity index (χ3n) is 3.63. The van der Waals surface area contributed by atoms with E-state index in [1.54, 1.807) is 6.07 Å². The molecule has 0 saturated heterocycles. The van der Waals surface area contributed by atoms with Crippen LogP contribution >= 0.6 is 11.8 Å². The maximum absolute atomic E-state index is 10.4. The van der Waals surface area contributed by atoms with Gasteiger partial charge in [0.15, 0.2) is 0 Å². The van der Waals surface area contributed by atoms with Gasteiger partial charge in [-0.3, -0.25) is 0 Å². The van der Waals surface area contributed by atoms with E-state index in [0.29, 0.717) is 12.2 Å². The fourth-order valence-electron chi connectivity index (χ4n) is 2.47. The van der Waals surface area contributed by atoms with Crippen LogP contribution in [-0.2, 0) is 10.8 Å². The van der Waals surface area contributed by atoms with Crippen LogP contribution in [0.5, 0.6) is 5.75 Å². The Morgan fingerprint density at radius 2 is 1.38 bits per heavy atom. The van der Waals surface area contributed by atoms with Gasteiger partial charge in [0, 0.05) is 10.5 Å². The summed E-state index contributed by atoms with van der Waals surface area (Å²) in [6.45, 7) is 16.6. The average molecular weight is 311 g/mol. The lowest BCUT2D eigenvalue weighted by Gasteiger charge is -2.34. The van der Waals surface area contributed by atoms with Crippen molar-refractivity contribution in [3.05, 3.63) is 23.3 Å². The lowest BCUT2D eigenvalue weighted by molar-refractivity contribution is 0.153. The van der Waals surface area contributed by atoms with Gasteiger partial charge >= 0.3 is 0 Å². The summed E-state index contributed by atoms with van der Waals surface area (Å²) in [4.78, 5) is 0.253. The van der Waals surface area contributed by atoms with Crippen LogP contribution in [0, 0.1) is 0 Å². The highest BCUT2D eigenvalue weighted by molar-refractivity contribution is 8.00. The first-order valence-electron chi connectivity index (χ1n) is 7.58. The summed E-state index contributed by atoms with van der Waals surface area (Å²) in [5.41, 5.74) is 1.86. The summed E-state index contributed by atoms with van der Waals surface area (Å²) in [6.07, 6.45) is 0.674. The molecule has 0 amide bonds. The van der Waals surface area contributed by atoms with Gasteiger partial charge in [-0.1, -0.05) is 60.2 Å². The molecule has 0 radical (unpaired) electrons. The Hall–Kier alpha value is -0.670. The molecule has 3 heteroatoms. The predicted octanol–water partition coefficient (Wildman–Crippen LogP) is 5.20. The quantitative estimate of drug-likeness (QED) is 0.595. The van der Waals surface area contributed by atoms with Crippen molar-refractivity contribution in [2.24, 2.45) is 0 Å². The van der Waals surface area contributed by atoms with Crippen molar-refractivity contribution in [2.45, 2.75) is 82.5 Å². The van der Waals surface area contributed by atoms with Crippen molar-refractivity contribution in [1.82, 2.24) is 0 Å². The first kappa shape index (κ1) is 18.4. The van der Waals surface area contributed by atoms with Crippen LogP contribution in [0.4, 0.5) is 0 Å². The molecule has 1 aromatic rings. The van der Waals surface area contributed by atoms with Crippen molar-refractivity contribution in [3.63, 3.8) is 0 Å². The van der Waals surface area contributed by atoms with E-state index in [0.717, 1.165) is 16.0 Å². The van der Waals surface area contributed by atoms with E-state index >= 15 is 0 Å². The summed E-state index contributed by atoms with van der Waals surface area (Å²) in [5, 5.41) is 20.8. The van der Waals surface area contributed by atoms with Gasteiger partial charge in [-0.05, 0) is 41.9 Å². The van der Waals surface area contributed by atoms with Gasteiger partial charge in [0.25, 0.3) is 0 Å². The summed E-state index contributed by atoms with van der Waals surface area (Å²) in [7, 11) is 0. The molecule has 1 atom stereocenters. The molecule has 0 aliphatic rings. The third kappa shape index (κ3) is 4.40. The topological polar surface area (TPSA) is 40.5 Å². The second-order valence-electron chi connectivity index (χ2n) is 7.96. The fourth-order valence-corrected chi connectivity index (χ4v) is 3.73. The SMILES string of the molecule is CCC(C)(O)Sc1ccc(O)c(C(C)(C)C)c1C(C)(C)C. The van der Waals surface area contributed by atoms with E-state index in [-0.39, 0.29) is 10.8 Å². The molecule has 2 nitrogen and oxygen atoms in total. The summed E-state index contributed by atoms with van der Waals surface area (Å²) < 4.78 is 0. The second-order valence-corrected chi connectivity index (χ2v) is 9.49. The highest BCUT2D eigenvalue weighted by Crippen LogP contribution is 2.46. The van der Waals surface area contributed by atoms with Crippen LogP contribution in [0.25, 0.3) is 0 Å². The van der Waals surface area contributed by atoms with Gasteiger partial charge in [-0.15, -0.1) is 0 Å². The van der Waals surface area contributed by atoms with Crippen molar-refractivity contribution in [2.75, 3.05) is 0 Å². The maximum Gasteiger partial charge on any atom is 0.119 e. The van der Waals surface area contributed by atoms with Gasteiger partial charge in [0.05, 0.1) is 0 Å². The Morgan fingerprint density at radius 1 is 0.905 bits per heavy atom. The van der Waals surface area contributed by atoms with Crippen molar-refractivity contribution >= 4 is 11.8 Å². The molecular weight excluding hydrogens is 280 g/mol. The number of rotatable bonds is 3. The Balaban J connectivity index is 3.61. The maximum atomic E-state index is 10.4. The summed E-state index contributed by atoms with van der Waals surface area (Å²) >= 11 is 1.48. The highest BCUT2D eigenvalue weighted by Gasteiger charge is 2.32. The van der Waals surface area contributed by atoms with Gasteiger partial charge in [0.2, 0.25) is 0 Å². The molecule has 0 heterocycles. The van der Waals surface area contributed by atoms with E-state index in [4.69, 9.17) is 0 Å². The van der Waals surface area contributed by atoms with E-state index in [9.17, 15) is 10.2 Å². The largest absolute Gasteiger partial charge is 0.508 e. The van der Waals surface area contributed by atoms with Crippen LogP contribution in [0.2, 0.25) is 0 Å². The van der Waals surface area contributed by atoms with Crippen molar-refractivity contribution < 1.29 is 10.2 Å². The van der Waals surface area contributed by atoms with Crippen LogP contribution < -0.4 is 0 Å². The number of aliphatic hydroxyl groups is 1. The first-order chi connectivity index (χ1) is 9.29. The molecule has 0 aromatic heterocycles. The number of hydrogen-bond acceptors (Lipinski definition) is 3. The molecule has 1 rings (SSSR count). The summed E-state index contributed by atoms with van der Waals surface area (Å²) in [5.74, 6) is 0.341. The Bertz CT molecular complexity index is 505. The minimum absolute atomic E-state index is 0.104. The predicted molar refractivity (Wildman–Crippen MR) is 92.3 cm³/mol. The van der Waals surface area contributed by atoms with Crippen LogP contribution in [-0.4, -0.2) is 15.1 Å². The molecule has 1 aromatic carbocycles. The summed E-state index contributed by atoms with van der Waals surface area (Å²) in [6, 6.07) is 3.68.